The monoisotopic (exact) mass is 993 g/mol. The molecule has 3 fully saturated rings. The van der Waals surface area contributed by atoms with Crippen molar-refractivity contribution in [2.45, 2.75) is 45.1 Å². The summed E-state index contributed by atoms with van der Waals surface area (Å²) in [6.45, 7) is 7.77. The summed E-state index contributed by atoms with van der Waals surface area (Å²) in [7, 11) is 8.57. The first-order valence-electron chi connectivity index (χ1n) is 17.0. The molecule has 0 aliphatic carbocycles. The van der Waals surface area contributed by atoms with Crippen LogP contribution >= 0.6 is 63.7 Å². The van der Waals surface area contributed by atoms with Gasteiger partial charge in [0.25, 0.3) is 5.91 Å². The lowest BCUT2D eigenvalue weighted by Gasteiger charge is -2.14. The average Bonchev–Trinajstić information content (AvgIpc) is 4.01. The zero-order valence-corrected chi connectivity index (χ0v) is 36.9. The number of methoxy groups -OCH3 is 1. The highest BCUT2D eigenvalue weighted by Gasteiger charge is 2.22. The summed E-state index contributed by atoms with van der Waals surface area (Å²) in [5, 5.41) is 11.7. The van der Waals surface area contributed by atoms with Crippen LogP contribution in [0.5, 0.6) is 0 Å². The van der Waals surface area contributed by atoms with Crippen LogP contribution in [0.2, 0.25) is 0 Å². The van der Waals surface area contributed by atoms with Crippen molar-refractivity contribution >= 4 is 81.6 Å². The quantitative estimate of drug-likeness (QED) is 0.245. The standard InChI is InChI=1S/C9H12BrN3O.C9H14BrN3.C6H7BrN2O2.C5H5BrN2O2.C4H9N/c1-12-7(6-11-9(12)10)8(14)13-4-2-3-5-13;1-12-8(6-11-9(12)10)7-13-4-2-3-5-13;1-9-4(5(10)11-2)3-8-6(9)7;1-8-3(4(9)10)2-7-5(8)6;1-2-4-5-3-1/h6H,2-5H2,1H3;6H,2-5,7H2,1H3;3H,1-2H3;2H,1H3,(H,9,10);5H,1-4H2. The van der Waals surface area contributed by atoms with E-state index in [1.54, 1.807) is 29.4 Å². The van der Waals surface area contributed by atoms with Crippen LogP contribution in [-0.2, 0) is 39.5 Å². The number of imidazole rings is 4. The maximum Gasteiger partial charge on any atom is 0.356 e. The summed E-state index contributed by atoms with van der Waals surface area (Å²) in [4.78, 5) is 53.4. The lowest BCUT2D eigenvalue weighted by atomic mass is 10.4. The normalized spacial score (nSPS) is 14.9. The molecule has 0 unspecified atom stereocenters. The van der Waals surface area contributed by atoms with Gasteiger partial charge in [0.05, 0.1) is 37.6 Å². The van der Waals surface area contributed by atoms with Gasteiger partial charge in [-0.15, -0.1) is 0 Å². The molecule has 53 heavy (non-hydrogen) atoms. The minimum atomic E-state index is -0.972. The first-order valence-corrected chi connectivity index (χ1v) is 20.2. The Bertz CT molecular complexity index is 1760. The predicted octanol–water partition coefficient (Wildman–Crippen LogP) is 5.42. The molecule has 0 aromatic carbocycles. The number of carboxylic acids is 1. The van der Waals surface area contributed by atoms with Gasteiger partial charge in [0.2, 0.25) is 0 Å². The Morgan fingerprint density at radius 1 is 0.660 bits per heavy atom. The van der Waals surface area contributed by atoms with E-state index in [0.29, 0.717) is 25.6 Å². The molecular weight excluding hydrogens is 950 g/mol. The fourth-order valence-electron chi connectivity index (χ4n) is 5.30. The highest BCUT2D eigenvalue weighted by molar-refractivity contribution is 9.11. The van der Waals surface area contributed by atoms with E-state index in [4.69, 9.17) is 5.11 Å². The number of hydrogen-bond acceptors (Lipinski definition) is 10. The molecule has 0 radical (unpaired) electrons. The molecule has 3 aliphatic heterocycles. The second-order valence-electron chi connectivity index (χ2n) is 12.2. The van der Waals surface area contributed by atoms with E-state index in [-0.39, 0.29) is 17.6 Å². The molecule has 7 rings (SSSR count). The van der Waals surface area contributed by atoms with Gasteiger partial charge < -0.3 is 38.3 Å². The smallest absolute Gasteiger partial charge is 0.356 e. The highest BCUT2D eigenvalue weighted by Crippen LogP contribution is 2.17. The average molecular weight is 997 g/mol. The minimum absolute atomic E-state index is 0.0863. The molecule has 16 nitrogen and oxygen atoms in total. The van der Waals surface area contributed by atoms with Crippen LogP contribution in [0, 0.1) is 0 Å². The maximum atomic E-state index is 11.9. The molecule has 7 heterocycles. The molecule has 0 bridgehead atoms. The number of rotatable bonds is 5. The molecule has 0 spiro atoms. The number of esters is 1. The Kier molecular flexibility index (Phi) is 18.9. The molecule has 292 valence electrons. The van der Waals surface area contributed by atoms with E-state index >= 15 is 0 Å². The molecule has 4 aromatic heterocycles. The first kappa shape index (κ1) is 44.5. The van der Waals surface area contributed by atoms with Gasteiger partial charge in [0, 0.05) is 47.8 Å². The van der Waals surface area contributed by atoms with Crippen molar-refractivity contribution in [1.82, 2.24) is 53.3 Å². The van der Waals surface area contributed by atoms with Crippen LogP contribution < -0.4 is 5.32 Å². The zero-order valence-electron chi connectivity index (χ0n) is 30.6. The van der Waals surface area contributed by atoms with Crippen LogP contribution in [0.25, 0.3) is 0 Å². The summed E-state index contributed by atoms with van der Waals surface area (Å²) in [6, 6.07) is 0. The Morgan fingerprint density at radius 2 is 1.09 bits per heavy atom. The van der Waals surface area contributed by atoms with Gasteiger partial charge in [-0.05, 0) is 128 Å². The number of halogens is 4. The molecule has 3 aliphatic rings. The molecule has 4 aromatic rings. The number of nitrogens with one attached hydrogen (secondary N) is 1. The number of carboxylic acid groups (broad SMARTS) is 1. The number of hydrogen-bond donors (Lipinski definition) is 2. The summed E-state index contributed by atoms with van der Waals surface area (Å²) in [5.41, 5.74) is 2.54. The van der Waals surface area contributed by atoms with Crippen LogP contribution in [0.4, 0.5) is 0 Å². The Balaban J connectivity index is 0.000000183. The Labute approximate surface area is 343 Å². The van der Waals surface area contributed by atoms with E-state index in [1.807, 2.05) is 25.2 Å². The van der Waals surface area contributed by atoms with Gasteiger partial charge in [0.1, 0.15) is 17.1 Å². The number of carbonyl (C=O) groups is 3. The lowest BCUT2D eigenvalue weighted by Crippen LogP contribution is -2.29. The molecule has 1 amide bonds. The van der Waals surface area contributed by atoms with Crippen LogP contribution in [0.15, 0.2) is 43.7 Å². The van der Waals surface area contributed by atoms with Crippen molar-refractivity contribution < 1.29 is 24.2 Å². The van der Waals surface area contributed by atoms with Crippen molar-refractivity contribution in [2.75, 3.05) is 46.4 Å². The van der Waals surface area contributed by atoms with Crippen LogP contribution in [0.1, 0.15) is 75.7 Å². The summed E-state index contributed by atoms with van der Waals surface area (Å²) in [5.74, 6) is -1.27. The summed E-state index contributed by atoms with van der Waals surface area (Å²) < 4.78 is 14.2. The van der Waals surface area contributed by atoms with Gasteiger partial charge in [0.15, 0.2) is 18.9 Å². The molecule has 2 N–H and O–H groups in total. The molecule has 0 saturated carbocycles. The maximum absolute atomic E-state index is 11.9. The fourth-order valence-corrected chi connectivity index (χ4v) is 6.51. The third-order valence-electron chi connectivity index (χ3n) is 8.59. The number of aromatic carboxylic acids is 1. The number of carbonyl (C=O) groups excluding carboxylic acids is 2. The van der Waals surface area contributed by atoms with E-state index in [2.05, 4.69) is 103 Å². The first-order chi connectivity index (χ1) is 25.3. The summed E-state index contributed by atoms with van der Waals surface area (Å²) in [6.07, 6.45) is 14.0. The number of ether oxygens (including phenoxy) is 1. The largest absolute Gasteiger partial charge is 0.477 e. The SMILES string of the molecule is C1CCNC1.COC(=O)c1cnc(Br)n1C.Cn1c(C(=O)N2CCCC2)cnc1Br.Cn1c(C(=O)O)cnc1Br.Cn1c(CN2CCCC2)cnc1Br. The fraction of sp³-hybridized carbons (Fsp3) is 0.545. The van der Waals surface area contributed by atoms with Crippen molar-refractivity contribution in [3.05, 3.63) is 66.5 Å². The molecular formula is C33H47Br4N11O5. The second-order valence-corrected chi connectivity index (χ2v) is 15.1. The van der Waals surface area contributed by atoms with Crippen molar-refractivity contribution in [3.8, 4) is 0 Å². The summed E-state index contributed by atoms with van der Waals surface area (Å²) >= 11 is 12.9. The molecule has 0 atom stereocenters. The number of nitrogens with zero attached hydrogens (tertiary/aromatic N) is 10. The van der Waals surface area contributed by atoms with Crippen molar-refractivity contribution in [2.24, 2.45) is 28.2 Å². The Morgan fingerprint density at radius 3 is 1.45 bits per heavy atom. The highest BCUT2D eigenvalue weighted by atomic mass is 79.9. The number of amides is 1. The van der Waals surface area contributed by atoms with Crippen molar-refractivity contribution in [3.63, 3.8) is 0 Å². The van der Waals surface area contributed by atoms with Gasteiger partial charge in [-0.3, -0.25) is 9.69 Å². The number of likely N-dealkylation sites (tertiary alicyclic amines) is 2. The molecule has 20 heteroatoms. The van der Waals surface area contributed by atoms with Crippen LogP contribution in [0.3, 0.4) is 0 Å². The topological polar surface area (TPSA) is 170 Å². The van der Waals surface area contributed by atoms with Gasteiger partial charge in [-0.25, -0.2) is 29.5 Å². The third-order valence-corrected chi connectivity index (χ3v) is 11.5. The van der Waals surface area contributed by atoms with E-state index < -0.39 is 5.97 Å². The lowest BCUT2D eigenvalue weighted by molar-refractivity contribution is 0.0588. The van der Waals surface area contributed by atoms with E-state index in [0.717, 1.165) is 37.2 Å². The van der Waals surface area contributed by atoms with Crippen molar-refractivity contribution in [1.29, 1.82) is 0 Å². The third kappa shape index (κ3) is 13.4. The van der Waals surface area contributed by atoms with Crippen LogP contribution in [-0.4, -0.2) is 117 Å². The number of aromatic nitrogens is 8. The molecule has 3 saturated heterocycles. The Hall–Kier alpha value is -2.91. The minimum Gasteiger partial charge on any atom is -0.477 e. The van der Waals surface area contributed by atoms with Gasteiger partial charge in [-0.1, -0.05) is 0 Å². The predicted molar refractivity (Wildman–Crippen MR) is 214 cm³/mol. The van der Waals surface area contributed by atoms with E-state index in [1.165, 1.54) is 81.6 Å². The zero-order chi connectivity index (χ0) is 39.1. The van der Waals surface area contributed by atoms with E-state index in [9.17, 15) is 14.4 Å². The second kappa shape index (κ2) is 22.5. The van der Waals surface area contributed by atoms with Gasteiger partial charge >= 0.3 is 11.9 Å². The van der Waals surface area contributed by atoms with Gasteiger partial charge in [-0.2, -0.15) is 0 Å².